The van der Waals surface area contributed by atoms with Gasteiger partial charge in [-0.05, 0) is 6.42 Å². The van der Waals surface area contributed by atoms with Crippen molar-refractivity contribution in [3.63, 3.8) is 0 Å². The Kier molecular flexibility index (Phi) is 4.58. The lowest BCUT2D eigenvalue weighted by Crippen LogP contribution is -2.27. The van der Waals surface area contributed by atoms with Gasteiger partial charge < -0.3 is 5.32 Å². The second-order valence-electron chi connectivity index (χ2n) is 1.90. The second-order valence-corrected chi connectivity index (χ2v) is 2.27. The fourth-order valence-electron chi connectivity index (χ4n) is 0.602. The third-order valence-corrected chi connectivity index (χ3v) is 1.77. The van der Waals surface area contributed by atoms with Crippen LogP contribution in [0.2, 0.25) is 0 Å². The third-order valence-electron chi connectivity index (χ3n) is 1.33. The van der Waals surface area contributed by atoms with E-state index in [1.54, 1.807) is 7.05 Å². The van der Waals surface area contributed by atoms with Gasteiger partial charge in [0.1, 0.15) is 0 Å². The van der Waals surface area contributed by atoms with Crippen molar-refractivity contribution in [1.82, 2.24) is 5.32 Å². The molecule has 0 aromatic heterocycles. The van der Waals surface area contributed by atoms with Gasteiger partial charge in [-0.3, -0.25) is 4.79 Å². The number of hydrogen-bond donors (Lipinski definition) is 2. The molecule has 0 heterocycles. The highest BCUT2D eigenvalue weighted by atomic mass is 32.1. The fourth-order valence-corrected chi connectivity index (χ4v) is 1.03. The normalized spacial score (nSPS) is 12.8. The summed E-state index contributed by atoms with van der Waals surface area (Å²) in [7, 11) is 1.65. The zero-order valence-corrected chi connectivity index (χ0v) is 6.74. The Bertz CT molecular complexity index is 91.1. The molecule has 0 aliphatic heterocycles. The highest BCUT2D eigenvalue weighted by Gasteiger charge is 2.11. The van der Waals surface area contributed by atoms with Crippen LogP contribution >= 0.6 is 12.6 Å². The molecule has 1 atom stereocenters. The van der Waals surface area contributed by atoms with Gasteiger partial charge >= 0.3 is 0 Å². The van der Waals surface area contributed by atoms with Crippen molar-refractivity contribution >= 4 is 18.5 Å². The maximum atomic E-state index is 10.8. The number of nitrogens with one attached hydrogen (secondary N) is 1. The number of carbonyl (C=O) groups excluding carboxylic acids is 1. The quantitative estimate of drug-likeness (QED) is 0.565. The summed E-state index contributed by atoms with van der Waals surface area (Å²) >= 11 is 4.03. The van der Waals surface area contributed by atoms with Crippen LogP contribution in [0, 0.1) is 5.92 Å². The van der Waals surface area contributed by atoms with Gasteiger partial charge in [-0.15, -0.1) is 0 Å². The molecule has 0 aromatic carbocycles. The highest BCUT2D eigenvalue weighted by molar-refractivity contribution is 7.80. The molecule has 1 unspecified atom stereocenters. The van der Waals surface area contributed by atoms with Gasteiger partial charge in [-0.25, -0.2) is 0 Å². The third kappa shape index (κ3) is 2.75. The molecule has 0 fully saturated rings. The Morgan fingerprint density at radius 3 is 2.44 bits per heavy atom. The van der Waals surface area contributed by atoms with Crippen LogP contribution in [0.25, 0.3) is 0 Å². The van der Waals surface area contributed by atoms with Crippen molar-refractivity contribution in [3.05, 3.63) is 0 Å². The number of amides is 1. The molecule has 9 heavy (non-hydrogen) atoms. The van der Waals surface area contributed by atoms with E-state index in [0.717, 1.165) is 6.42 Å². The smallest absolute Gasteiger partial charge is 0.223 e. The lowest BCUT2D eigenvalue weighted by molar-refractivity contribution is -0.123. The first-order valence-electron chi connectivity index (χ1n) is 3.08. The Hall–Kier alpha value is -0.180. The topological polar surface area (TPSA) is 29.1 Å². The summed E-state index contributed by atoms with van der Waals surface area (Å²) < 4.78 is 0. The molecule has 1 amide bonds. The van der Waals surface area contributed by atoms with E-state index in [4.69, 9.17) is 0 Å². The molecule has 0 rings (SSSR count). The molecule has 0 aromatic rings. The molecule has 3 heteroatoms. The maximum Gasteiger partial charge on any atom is 0.223 e. The summed E-state index contributed by atoms with van der Waals surface area (Å²) in [6, 6.07) is 0. The Labute approximate surface area is 61.4 Å². The first-order chi connectivity index (χ1) is 4.26. The van der Waals surface area contributed by atoms with Crippen LogP contribution in [0.4, 0.5) is 0 Å². The van der Waals surface area contributed by atoms with Crippen molar-refractivity contribution in [1.29, 1.82) is 0 Å². The van der Waals surface area contributed by atoms with Gasteiger partial charge in [0.15, 0.2) is 0 Å². The Morgan fingerprint density at radius 1 is 1.78 bits per heavy atom. The molecule has 0 bridgehead atoms. The average Bonchev–Trinajstić information content (AvgIpc) is 1.90. The summed E-state index contributed by atoms with van der Waals surface area (Å²) in [5.41, 5.74) is 0. The average molecular weight is 147 g/mol. The number of thiol groups is 1. The van der Waals surface area contributed by atoms with E-state index in [0.29, 0.717) is 5.75 Å². The molecule has 0 spiro atoms. The van der Waals surface area contributed by atoms with Crippen LogP contribution in [0.1, 0.15) is 13.3 Å². The van der Waals surface area contributed by atoms with Crippen molar-refractivity contribution in [2.75, 3.05) is 12.8 Å². The number of carbonyl (C=O) groups is 1. The van der Waals surface area contributed by atoms with Gasteiger partial charge in [0.25, 0.3) is 0 Å². The van der Waals surface area contributed by atoms with Crippen LogP contribution in [-0.2, 0) is 4.79 Å². The van der Waals surface area contributed by atoms with Gasteiger partial charge in [0.05, 0.1) is 0 Å². The molecule has 54 valence electrons. The molecule has 1 N–H and O–H groups in total. The van der Waals surface area contributed by atoms with Gasteiger partial charge in [-0.1, -0.05) is 6.92 Å². The predicted molar refractivity (Wildman–Crippen MR) is 41.7 cm³/mol. The summed E-state index contributed by atoms with van der Waals surface area (Å²) in [6.07, 6.45) is 0.864. The van der Waals surface area contributed by atoms with Crippen LogP contribution in [-0.4, -0.2) is 18.7 Å². The SMILES string of the molecule is CCC(CS)C(=O)NC. The molecule has 0 saturated carbocycles. The largest absolute Gasteiger partial charge is 0.359 e. The standard InChI is InChI=1S/C6H13NOS/c1-3-5(4-9)6(8)7-2/h5,9H,3-4H2,1-2H3,(H,7,8). The first-order valence-corrected chi connectivity index (χ1v) is 3.72. The van der Waals surface area contributed by atoms with Crippen LogP contribution in [0.5, 0.6) is 0 Å². The zero-order chi connectivity index (χ0) is 7.28. The highest BCUT2D eigenvalue weighted by Crippen LogP contribution is 2.03. The molecular formula is C6H13NOS. The van der Waals surface area contributed by atoms with E-state index in [1.807, 2.05) is 6.92 Å². The summed E-state index contributed by atoms with van der Waals surface area (Å²) in [5, 5.41) is 2.58. The van der Waals surface area contributed by atoms with E-state index in [1.165, 1.54) is 0 Å². The minimum Gasteiger partial charge on any atom is -0.359 e. The van der Waals surface area contributed by atoms with Crippen molar-refractivity contribution in [2.24, 2.45) is 5.92 Å². The predicted octanol–water partition coefficient (Wildman–Crippen LogP) is 0.688. The van der Waals surface area contributed by atoms with Crippen molar-refractivity contribution in [2.45, 2.75) is 13.3 Å². The van der Waals surface area contributed by atoms with E-state index in [9.17, 15) is 4.79 Å². The van der Waals surface area contributed by atoms with Crippen molar-refractivity contribution < 1.29 is 4.79 Å². The van der Waals surface area contributed by atoms with E-state index in [2.05, 4.69) is 17.9 Å². The first kappa shape index (κ1) is 8.82. The molecule has 0 aliphatic carbocycles. The summed E-state index contributed by atoms with van der Waals surface area (Å²) in [4.78, 5) is 10.8. The summed E-state index contributed by atoms with van der Waals surface area (Å²) in [6.45, 7) is 1.98. The van der Waals surface area contributed by atoms with Gasteiger partial charge in [0.2, 0.25) is 5.91 Å². The molecule has 0 saturated heterocycles. The van der Waals surface area contributed by atoms with E-state index in [-0.39, 0.29) is 11.8 Å². The van der Waals surface area contributed by atoms with Crippen molar-refractivity contribution in [3.8, 4) is 0 Å². The molecule has 0 aliphatic rings. The van der Waals surface area contributed by atoms with Crippen LogP contribution < -0.4 is 5.32 Å². The van der Waals surface area contributed by atoms with Gasteiger partial charge in [0, 0.05) is 18.7 Å². The fraction of sp³-hybridized carbons (Fsp3) is 0.833. The molecular weight excluding hydrogens is 134 g/mol. The van der Waals surface area contributed by atoms with E-state index < -0.39 is 0 Å². The van der Waals surface area contributed by atoms with Crippen LogP contribution in [0.15, 0.2) is 0 Å². The zero-order valence-electron chi connectivity index (χ0n) is 5.85. The minimum absolute atomic E-state index is 0.0818. The van der Waals surface area contributed by atoms with Gasteiger partial charge in [-0.2, -0.15) is 12.6 Å². The maximum absolute atomic E-state index is 10.8. The lowest BCUT2D eigenvalue weighted by atomic mass is 10.1. The number of rotatable bonds is 3. The Morgan fingerprint density at radius 2 is 2.33 bits per heavy atom. The molecule has 0 radical (unpaired) electrons. The van der Waals surface area contributed by atoms with Crippen LogP contribution in [0.3, 0.4) is 0 Å². The monoisotopic (exact) mass is 147 g/mol. The number of hydrogen-bond acceptors (Lipinski definition) is 2. The summed E-state index contributed by atoms with van der Waals surface area (Å²) in [5.74, 6) is 0.807. The van der Waals surface area contributed by atoms with E-state index >= 15 is 0 Å². The second kappa shape index (κ2) is 4.68. The minimum atomic E-state index is 0.0818. The Balaban J connectivity index is 3.64. The lowest BCUT2D eigenvalue weighted by Gasteiger charge is -2.07. The molecule has 2 nitrogen and oxygen atoms in total.